The molecule has 1 N–H and O–H groups in total. The van der Waals surface area contributed by atoms with Crippen molar-refractivity contribution in [1.29, 1.82) is 0 Å². The molecule has 1 amide bonds. The van der Waals surface area contributed by atoms with Gasteiger partial charge in [0.2, 0.25) is 0 Å². The molecule has 6 nitrogen and oxygen atoms in total. The van der Waals surface area contributed by atoms with Crippen molar-refractivity contribution in [2.45, 2.75) is 26.5 Å². The Hall–Kier alpha value is -3.12. The molecule has 0 spiro atoms. The van der Waals surface area contributed by atoms with Crippen LogP contribution in [0.25, 0.3) is 0 Å². The Morgan fingerprint density at radius 2 is 1.81 bits per heavy atom. The van der Waals surface area contributed by atoms with Crippen molar-refractivity contribution in [3.63, 3.8) is 0 Å². The van der Waals surface area contributed by atoms with E-state index in [9.17, 15) is 9.90 Å². The summed E-state index contributed by atoms with van der Waals surface area (Å²) in [5.74, 6) is 0.411. The number of amides is 1. The number of hydrogen-bond acceptors (Lipinski definition) is 5. The van der Waals surface area contributed by atoms with Gasteiger partial charge in [-0.1, -0.05) is 30.3 Å². The molecule has 6 heteroatoms. The van der Waals surface area contributed by atoms with Crippen LogP contribution >= 0.6 is 0 Å². The quantitative estimate of drug-likeness (QED) is 0.729. The van der Waals surface area contributed by atoms with E-state index in [1.54, 1.807) is 37.3 Å². The molecular weight excluding hydrogens is 340 g/mol. The molecule has 1 atom stereocenters. The van der Waals surface area contributed by atoms with Gasteiger partial charge in [-0.25, -0.2) is 9.97 Å². The number of pyridine rings is 1. The average Bonchev–Trinajstić information content (AvgIpc) is 2.68. The first-order chi connectivity index (χ1) is 13.0. The lowest BCUT2D eigenvalue weighted by Crippen LogP contribution is -2.35. The number of aliphatic hydroxyl groups is 1. The molecule has 2 heterocycles. The van der Waals surface area contributed by atoms with Crippen LogP contribution in [0.1, 0.15) is 39.1 Å². The normalized spacial score (nSPS) is 11.8. The minimum atomic E-state index is -0.788. The van der Waals surface area contributed by atoms with Crippen LogP contribution in [0.5, 0.6) is 0 Å². The predicted octanol–water partition coefficient (Wildman–Crippen LogP) is 2.86. The van der Waals surface area contributed by atoms with E-state index < -0.39 is 6.10 Å². The summed E-state index contributed by atoms with van der Waals surface area (Å²) in [5, 5.41) is 10.6. The smallest absolute Gasteiger partial charge is 0.257 e. The summed E-state index contributed by atoms with van der Waals surface area (Å²) in [5.41, 5.74) is 2.77. The van der Waals surface area contributed by atoms with Crippen LogP contribution in [0, 0.1) is 13.8 Å². The number of rotatable bonds is 6. The van der Waals surface area contributed by atoms with E-state index in [-0.39, 0.29) is 12.5 Å². The van der Waals surface area contributed by atoms with E-state index >= 15 is 0 Å². The van der Waals surface area contributed by atoms with Gasteiger partial charge in [-0.2, -0.15) is 0 Å². The van der Waals surface area contributed by atoms with Gasteiger partial charge in [0, 0.05) is 25.1 Å². The van der Waals surface area contributed by atoms with Gasteiger partial charge in [-0.3, -0.25) is 9.78 Å². The van der Waals surface area contributed by atoms with Crippen molar-refractivity contribution in [3.8, 4) is 0 Å². The molecule has 0 saturated carbocycles. The monoisotopic (exact) mass is 362 g/mol. The fourth-order valence-corrected chi connectivity index (χ4v) is 2.88. The molecule has 0 aliphatic carbocycles. The van der Waals surface area contributed by atoms with Gasteiger partial charge < -0.3 is 10.0 Å². The van der Waals surface area contributed by atoms with Gasteiger partial charge in [0.05, 0.1) is 23.9 Å². The van der Waals surface area contributed by atoms with Gasteiger partial charge in [0.1, 0.15) is 5.82 Å². The van der Waals surface area contributed by atoms with E-state index in [4.69, 9.17) is 0 Å². The molecule has 0 fully saturated rings. The van der Waals surface area contributed by atoms with Crippen LogP contribution in [-0.2, 0) is 6.54 Å². The Morgan fingerprint density at radius 1 is 1.11 bits per heavy atom. The Labute approximate surface area is 158 Å². The standard InChI is InChI=1S/C21H22N4O2/c1-15-19(12-23-16(2)24-15)21(27)25(13-17-8-10-22-11-9-17)14-20(26)18-6-4-3-5-7-18/h3-12,20,26H,13-14H2,1-2H3. The molecule has 0 radical (unpaired) electrons. The topological polar surface area (TPSA) is 79.2 Å². The second-order valence-electron chi connectivity index (χ2n) is 6.38. The molecule has 1 aromatic carbocycles. The van der Waals surface area contributed by atoms with Gasteiger partial charge >= 0.3 is 0 Å². The minimum absolute atomic E-state index is 0.165. The summed E-state index contributed by atoms with van der Waals surface area (Å²) >= 11 is 0. The summed E-state index contributed by atoms with van der Waals surface area (Å²) in [6.45, 7) is 4.10. The number of aliphatic hydroxyl groups excluding tert-OH is 1. The number of carbonyl (C=O) groups excluding carboxylic acids is 1. The van der Waals surface area contributed by atoms with Gasteiger partial charge in [-0.05, 0) is 37.1 Å². The fraction of sp³-hybridized carbons (Fsp3) is 0.238. The summed E-state index contributed by atoms with van der Waals surface area (Å²) < 4.78 is 0. The maximum absolute atomic E-state index is 13.2. The number of aromatic nitrogens is 3. The van der Waals surface area contributed by atoms with Gasteiger partial charge in [0.15, 0.2) is 0 Å². The highest BCUT2D eigenvalue weighted by molar-refractivity contribution is 5.94. The van der Waals surface area contributed by atoms with E-state index in [2.05, 4.69) is 15.0 Å². The maximum Gasteiger partial charge on any atom is 0.257 e. The first-order valence-electron chi connectivity index (χ1n) is 8.76. The van der Waals surface area contributed by atoms with Crippen molar-refractivity contribution < 1.29 is 9.90 Å². The van der Waals surface area contributed by atoms with Crippen molar-refractivity contribution in [3.05, 3.63) is 89.3 Å². The highest BCUT2D eigenvalue weighted by Gasteiger charge is 2.22. The molecule has 27 heavy (non-hydrogen) atoms. The zero-order valence-corrected chi connectivity index (χ0v) is 15.4. The summed E-state index contributed by atoms with van der Waals surface area (Å²) in [7, 11) is 0. The van der Waals surface area contributed by atoms with E-state index in [1.807, 2.05) is 42.5 Å². The maximum atomic E-state index is 13.2. The Morgan fingerprint density at radius 3 is 2.48 bits per heavy atom. The zero-order valence-electron chi connectivity index (χ0n) is 15.4. The van der Waals surface area contributed by atoms with Crippen molar-refractivity contribution in [2.24, 2.45) is 0 Å². The van der Waals surface area contributed by atoms with E-state index in [0.29, 0.717) is 23.6 Å². The number of aryl methyl sites for hydroxylation is 2. The van der Waals surface area contributed by atoms with Crippen molar-refractivity contribution in [2.75, 3.05) is 6.54 Å². The number of benzene rings is 1. The lowest BCUT2D eigenvalue weighted by Gasteiger charge is -2.26. The third-order valence-electron chi connectivity index (χ3n) is 4.32. The largest absolute Gasteiger partial charge is 0.387 e. The fourth-order valence-electron chi connectivity index (χ4n) is 2.88. The van der Waals surface area contributed by atoms with Crippen LogP contribution in [-0.4, -0.2) is 37.4 Å². The molecule has 2 aromatic heterocycles. The third-order valence-corrected chi connectivity index (χ3v) is 4.32. The SMILES string of the molecule is Cc1ncc(C(=O)N(Cc2ccncc2)CC(O)c2ccccc2)c(C)n1. The van der Waals surface area contributed by atoms with Crippen LogP contribution in [0.15, 0.2) is 61.1 Å². The summed E-state index contributed by atoms with van der Waals surface area (Å²) in [4.78, 5) is 27.2. The van der Waals surface area contributed by atoms with Crippen molar-refractivity contribution >= 4 is 5.91 Å². The zero-order chi connectivity index (χ0) is 19.2. The van der Waals surface area contributed by atoms with Gasteiger partial charge in [0.25, 0.3) is 5.91 Å². The first kappa shape index (κ1) is 18.7. The molecule has 0 aliphatic heterocycles. The summed E-state index contributed by atoms with van der Waals surface area (Å²) in [6.07, 6.45) is 4.13. The number of nitrogens with zero attached hydrogens (tertiary/aromatic N) is 4. The second-order valence-corrected chi connectivity index (χ2v) is 6.38. The minimum Gasteiger partial charge on any atom is -0.387 e. The van der Waals surface area contributed by atoms with E-state index in [0.717, 1.165) is 11.1 Å². The highest BCUT2D eigenvalue weighted by Crippen LogP contribution is 2.18. The lowest BCUT2D eigenvalue weighted by molar-refractivity contribution is 0.0602. The number of carbonyl (C=O) groups is 1. The Bertz CT molecular complexity index is 901. The molecule has 0 bridgehead atoms. The molecule has 0 aliphatic rings. The van der Waals surface area contributed by atoms with Crippen LogP contribution in [0.4, 0.5) is 0 Å². The molecule has 3 rings (SSSR count). The van der Waals surface area contributed by atoms with Crippen molar-refractivity contribution in [1.82, 2.24) is 19.9 Å². The summed E-state index contributed by atoms with van der Waals surface area (Å²) in [6, 6.07) is 13.0. The van der Waals surface area contributed by atoms with Crippen LogP contribution < -0.4 is 0 Å². The molecule has 138 valence electrons. The number of hydrogen-bond donors (Lipinski definition) is 1. The Balaban J connectivity index is 1.88. The third kappa shape index (κ3) is 4.74. The second kappa shape index (κ2) is 8.51. The average molecular weight is 362 g/mol. The highest BCUT2D eigenvalue weighted by atomic mass is 16.3. The molecule has 3 aromatic rings. The lowest BCUT2D eigenvalue weighted by atomic mass is 10.1. The van der Waals surface area contributed by atoms with Crippen LogP contribution in [0.3, 0.4) is 0 Å². The van der Waals surface area contributed by atoms with Crippen LogP contribution in [0.2, 0.25) is 0 Å². The molecule has 0 saturated heterocycles. The first-order valence-corrected chi connectivity index (χ1v) is 8.76. The Kier molecular flexibility index (Phi) is 5.88. The predicted molar refractivity (Wildman–Crippen MR) is 102 cm³/mol. The van der Waals surface area contributed by atoms with E-state index in [1.165, 1.54) is 0 Å². The van der Waals surface area contributed by atoms with Gasteiger partial charge in [-0.15, -0.1) is 0 Å². The molecule has 1 unspecified atom stereocenters. The molecular formula is C21H22N4O2.